The Morgan fingerprint density at radius 1 is 1.14 bits per heavy atom. The third kappa shape index (κ3) is 5.97. The highest BCUT2D eigenvalue weighted by Crippen LogP contribution is 2.22. The standard InChI is InChI=1S/C24H32ClN3O/c1-3-28(4-2)22-13-11-19(12-14-22)16-26-24(29)21-9-7-15-27(18-21)17-20-8-5-6-10-23(20)25/h5-6,8,10-14,21H,3-4,7,9,15-18H2,1-2H3,(H,26,29)/t21-/m0/s1. The van der Waals surface area contributed by atoms with Crippen molar-refractivity contribution in [2.45, 2.75) is 39.8 Å². The number of anilines is 1. The van der Waals surface area contributed by atoms with Gasteiger partial charge in [-0.05, 0) is 62.6 Å². The van der Waals surface area contributed by atoms with E-state index in [2.05, 4.69) is 59.3 Å². The molecule has 1 aliphatic rings. The molecule has 2 aromatic carbocycles. The van der Waals surface area contributed by atoms with Crippen molar-refractivity contribution in [3.05, 3.63) is 64.7 Å². The topological polar surface area (TPSA) is 35.6 Å². The summed E-state index contributed by atoms with van der Waals surface area (Å²) in [6.45, 7) is 9.51. The highest BCUT2D eigenvalue weighted by Gasteiger charge is 2.25. The Hall–Kier alpha value is -2.04. The Morgan fingerprint density at radius 2 is 1.86 bits per heavy atom. The van der Waals surface area contributed by atoms with E-state index in [4.69, 9.17) is 11.6 Å². The zero-order valence-electron chi connectivity index (χ0n) is 17.5. The molecule has 4 nitrogen and oxygen atoms in total. The van der Waals surface area contributed by atoms with Crippen LogP contribution in [0.4, 0.5) is 5.69 Å². The van der Waals surface area contributed by atoms with Crippen LogP contribution >= 0.6 is 11.6 Å². The largest absolute Gasteiger partial charge is 0.372 e. The molecule has 5 heteroatoms. The summed E-state index contributed by atoms with van der Waals surface area (Å²) in [7, 11) is 0. The Labute approximate surface area is 179 Å². The maximum atomic E-state index is 12.7. The van der Waals surface area contributed by atoms with E-state index in [0.29, 0.717) is 6.54 Å². The lowest BCUT2D eigenvalue weighted by Crippen LogP contribution is -2.42. The molecular weight excluding hydrogens is 382 g/mol. The first-order valence-corrected chi connectivity index (χ1v) is 11.1. The Balaban J connectivity index is 1.50. The summed E-state index contributed by atoms with van der Waals surface area (Å²) < 4.78 is 0. The van der Waals surface area contributed by atoms with Crippen LogP contribution < -0.4 is 10.2 Å². The van der Waals surface area contributed by atoms with E-state index in [1.807, 2.05) is 18.2 Å². The molecule has 0 saturated carbocycles. The number of hydrogen-bond acceptors (Lipinski definition) is 3. The SMILES string of the molecule is CCN(CC)c1ccc(CNC(=O)[C@H]2CCCN(Cc3ccccc3Cl)C2)cc1. The van der Waals surface area contributed by atoms with Crippen LogP contribution in [-0.4, -0.2) is 37.0 Å². The molecule has 156 valence electrons. The van der Waals surface area contributed by atoms with Crippen molar-refractivity contribution < 1.29 is 4.79 Å². The van der Waals surface area contributed by atoms with Crippen LogP contribution in [-0.2, 0) is 17.9 Å². The molecule has 1 fully saturated rings. The van der Waals surface area contributed by atoms with Gasteiger partial charge in [-0.2, -0.15) is 0 Å². The van der Waals surface area contributed by atoms with Gasteiger partial charge in [0.25, 0.3) is 0 Å². The molecule has 0 radical (unpaired) electrons. The van der Waals surface area contributed by atoms with Gasteiger partial charge >= 0.3 is 0 Å². The molecule has 0 spiro atoms. The maximum Gasteiger partial charge on any atom is 0.224 e. The van der Waals surface area contributed by atoms with Gasteiger partial charge in [-0.3, -0.25) is 9.69 Å². The lowest BCUT2D eigenvalue weighted by Gasteiger charge is -2.32. The van der Waals surface area contributed by atoms with Crippen molar-refractivity contribution in [3.8, 4) is 0 Å². The number of benzene rings is 2. The predicted octanol–water partition coefficient (Wildman–Crippen LogP) is 4.71. The normalized spacial score (nSPS) is 17.1. The van der Waals surface area contributed by atoms with Gasteiger partial charge in [0, 0.05) is 43.4 Å². The quantitative estimate of drug-likeness (QED) is 0.680. The summed E-state index contributed by atoms with van der Waals surface area (Å²) in [5, 5.41) is 3.93. The molecule has 1 saturated heterocycles. The van der Waals surface area contributed by atoms with E-state index < -0.39 is 0 Å². The van der Waals surface area contributed by atoms with Gasteiger partial charge in [0.05, 0.1) is 5.92 Å². The minimum Gasteiger partial charge on any atom is -0.372 e. The van der Waals surface area contributed by atoms with Crippen LogP contribution in [0.5, 0.6) is 0 Å². The van der Waals surface area contributed by atoms with Gasteiger partial charge < -0.3 is 10.2 Å². The van der Waals surface area contributed by atoms with Crippen molar-refractivity contribution in [2.24, 2.45) is 5.92 Å². The number of carbonyl (C=O) groups excluding carboxylic acids is 1. The summed E-state index contributed by atoms with van der Waals surface area (Å²) in [5.41, 5.74) is 3.49. The summed E-state index contributed by atoms with van der Waals surface area (Å²) in [6.07, 6.45) is 1.99. The number of nitrogens with one attached hydrogen (secondary N) is 1. The third-order valence-electron chi connectivity index (χ3n) is 5.76. The number of hydrogen-bond donors (Lipinski definition) is 1. The first-order chi connectivity index (χ1) is 14.1. The van der Waals surface area contributed by atoms with Crippen LogP contribution in [0.25, 0.3) is 0 Å². The van der Waals surface area contributed by atoms with E-state index in [9.17, 15) is 4.79 Å². The Bertz CT molecular complexity index is 789. The molecule has 3 rings (SSSR count). The minimum absolute atomic E-state index is 0.0428. The molecule has 1 heterocycles. The lowest BCUT2D eigenvalue weighted by atomic mass is 9.96. The second-order valence-electron chi connectivity index (χ2n) is 7.72. The van der Waals surface area contributed by atoms with Crippen molar-refractivity contribution in [2.75, 3.05) is 31.1 Å². The van der Waals surface area contributed by atoms with Gasteiger partial charge in [-0.1, -0.05) is 41.9 Å². The van der Waals surface area contributed by atoms with Crippen molar-refractivity contribution in [1.82, 2.24) is 10.2 Å². The molecular formula is C24H32ClN3O. The molecule has 0 unspecified atom stereocenters. The molecule has 1 aliphatic heterocycles. The second-order valence-corrected chi connectivity index (χ2v) is 8.13. The van der Waals surface area contributed by atoms with E-state index in [-0.39, 0.29) is 11.8 Å². The number of likely N-dealkylation sites (tertiary alicyclic amines) is 1. The molecule has 0 bridgehead atoms. The summed E-state index contributed by atoms with van der Waals surface area (Å²) >= 11 is 6.30. The van der Waals surface area contributed by atoms with E-state index in [0.717, 1.165) is 61.7 Å². The fraction of sp³-hybridized carbons (Fsp3) is 0.458. The molecule has 29 heavy (non-hydrogen) atoms. The zero-order valence-corrected chi connectivity index (χ0v) is 18.3. The Morgan fingerprint density at radius 3 is 2.55 bits per heavy atom. The predicted molar refractivity (Wildman–Crippen MR) is 121 cm³/mol. The zero-order chi connectivity index (χ0) is 20.6. The summed E-state index contributed by atoms with van der Waals surface area (Å²) in [5.74, 6) is 0.197. The first kappa shape index (κ1) is 21.7. The first-order valence-electron chi connectivity index (χ1n) is 10.7. The van der Waals surface area contributed by atoms with Gasteiger partial charge in [-0.15, -0.1) is 0 Å². The average Bonchev–Trinajstić information content (AvgIpc) is 2.75. The highest BCUT2D eigenvalue weighted by molar-refractivity contribution is 6.31. The Kier molecular flexibility index (Phi) is 7.96. The maximum absolute atomic E-state index is 12.7. The van der Waals surface area contributed by atoms with Gasteiger partial charge in [0.15, 0.2) is 0 Å². The molecule has 1 atom stereocenters. The van der Waals surface area contributed by atoms with Crippen molar-refractivity contribution in [3.63, 3.8) is 0 Å². The summed E-state index contributed by atoms with van der Waals surface area (Å²) in [6, 6.07) is 16.5. The van der Waals surface area contributed by atoms with Crippen molar-refractivity contribution in [1.29, 1.82) is 0 Å². The highest BCUT2D eigenvalue weighted by atomic mass is 35.5. The van der Waals surface area contributed by atoms with Crippen molar-refractivity contribution >= 4 is 23.2 Å². The number of nitrogens with zero attached hydrogens (tertiary/aromatic N) is 2. The number of carbonyl (C=O) groups is 1. The molecule has 0 aromatic heterocycles. The van der Waals surface area contributed by atoms with Crippen LogP contribution in [0.3, 0.4) is 0 Å². The third-order valence-corrected chi connectivity index (χ3v) is 6.13. The number of rotatable bonds is 8. The average molecular weight is 414 g/mol. The molecule has 2 aromatic rings. The van der Waals surface area contributed by atoms with E-state index in [1.165, 1.54) is 5.69 Å². The fourth-order valence-electron chi connectivity index (χ4n) is 4.03. The second kappa shape index (κ2) is 10.7. The van der Waals surface area contributed by atoms with Gasteiger partial charge in [-0.25, -0.2) is 0 Å². The van der Waals surface area contributed by atoms with Crippen LogP contribution in [0.2, 0.25) is 5.02 Å². The molecule has 1 N–H and O–H groups in total. The number of halogens is 1. The summed E-state index contributed by atoms with van der Waals surface area (Å²) in [4.78, 5) is 17.4. The monoisotopic (exact) mass is 413 g/mol. The fourth-order valence-corrected chi connectivity index (χ4v) is 4.22. The van der Waals surface area contributed by atoms with Crippen LogP contribution in [0.15, 0.2) is 48.5 Å². The lowest BCUT2D eigenvalue weighted by molar-refractivity contribution is -0.126. The molecule has 1 amide bonds. The van der Waals surface area contributed by atoms with Gasteiger partial charge in [0.1, 0.15) is 0 Å². The van der Waals surface area contributed by atoms with E-state index in [1.54, 1.807) is 0 Å². The smallest absolute Gasteiger partial charge is 0.224 e. The van der Waals surface area contributed by atoms with Gasteiger partial charge in [0.2, 0.25) is 5.91 Å². The number of piperidine rings is 1. The van der Waals surface area contributed by atoms with Crippen LogP contribution in [0, 0.1) is 5.92 Å². The molecule has 0 aliphatic carbocycles. The van der Waals surface area contributed by atoms with Crippen LogP contribution in [0.1, 0.15) is 37.8 Å². The minimum atomic E-state index is 0.0428. The van der Waals surface area contributed by atoms with E-state index >= 15 is 0 Å². The number of amides is 1.